The van der Waals surface area contributed by atoms with Crippen LogP contribution in [0.2, 0.25) is 0 Å². The molecular weight excluding hydrogens is 440 g/mol. The van der Waals surface area contributed by atoms with Crippen LogP contribution in [0.4, 0.5) is 29.6 Å². The van der Waals surface area contributed by atoms with Gasteiger partial charge in [-0.15, -0.1) is 5.10 Å². The highest BCUT2D eigenvalue weighted by Crippen LogP contribution is 2.32. The maximum atomic E-state index is 12.7. The zero-order valence-corrected chi connectivity index (χ0v) is 14.9. The van der Waals surface area contributed by atoms with Gasteiger partial charge in [0.25, 0.3) is 0 Å². The molecule has 130 valence electrons. The van der Waals surface area contributed by atoms with Gasteiger partial charge in [0.15, 0.2) is 0 Å². The van der Waals surface area contributed by atoms with E-state index in [0.717, 1.165) is 12.1 Å². The number of aromatic nitrogens is 3. The summed E-state index contributed by atoms with van der Waals surface area (Å²) in [6.45, 7) is 0.0578. The summed E-state index contributed by atoms with van der Waals surface area (Å²) in [6.07, 6.45) is -4.47. The number of carbonyl (C=O) groups excluding carboxylic acids is 1. The molecule has 0 unspecified atom stereocenters. The number of aromatic amines is 1. The fourth-order valence-corrected chi connectivity index (χ4v) is 2.16. The number of nitrogens with zero attached hydrogens (tertiary/aromatic N) is 3. The molecule has 0 aliphatic rings. The van der Waals surface area contributed by atoms with E-state index in [4.69, 9.17) is 0 Å². The molecule has 0 spiro atoms. The molecule has 0 saturated heterocycles. The van der Waals surface area contributed by atoms with E-state index in [-0.39, 0.29) is 12.2 Å². The van der Waals surface area contributed by atoms with Crippen LogP contribution in [0, 0.1) is 3.57 Å². The molecule has 7 nitrogen and oxygen atoms in total. The van der Waals surface area contributed by atoms with Gasteiger partial charge < -0.3 is 15.5 Å². The van der Waals surface area contributed by atoms with Crippen LogP contribution in [0.3, 0.4) is 0 Å². The lowest BCUT2D eigenvalue weighted by atomic mass is 10.2. The highest BCUT2D eigenvalue weighted by molar-refractivity contribution is 14.1. The second-order valence-electron chi connectivity index (χ2n) is 4.98. The van der Waals surface area contributed by atoms with Gasteiger partial charge in [0.05, 0.1) is 17.8 Å². The monoisotopic (exact) mass is 454 g/mol. The Morgan fingerprint density at radius 3 is 2.67 bits per heavy atom. The first-order valence-corrected chi connectivity index (χ1v) is 7.75. The van der Waals surface area contributed by atoms with E-state index in [2.05, 4.69) is 25.8 Å². The molecule has 2 aromatic rings. The molecule has 1 heterocycles. The molecule has 2 amide bonds. The van der Waals surface area contributed by atoms with E-state index >= 15 is 0 Å². The molecule has 0 saturated carbocycles. The van der Waals surface area contributed by atoms with Crippen molar-refractivity contribution in [1.29, 1.82) is 0 Å². The van der Waals surface area contributed by atoms with Crippen molar-refractivity contribution in [3.8, 4) is 0 Å². The molecule has 0 aliphatic heterocycles. The molecule has 0 radical (unpaired) electrons. The van der Waals surface area contributed by atoms with Crippen LogP contribution in [0.5, 0.6) is 0 Å². The Kier molecular flexibility index (Phi) is 5.51. The quantitative estimate of drug-likeness (QED) is 0.621. The first-order valence-electron chi connectivity index (χ1n) is 6.67. The fourth-order valence-electron chi connectivity index (χ4n) is 1.69. The summed E-state index contributed by atoms with van der Waals surface area (Å²) in [5, 5.41) is 11.5. The molecular formula is C13H14F3IN6O. The minimum Gasteiger partial charge on any atom is -0.346 e. The fraction of sp³-hybridized carbons (Fsp3) is 0.308. The van der Waals surface area contributed by atoms with Crippen molar-refractivity contribution in [3.63, 3.8) is 0 Å². The summed E-state index contributed by atoms with van der Waals surface area (Å²) in [5.74, 6) is 0.882. The lowest BCUT2D eigenvalue weighted by Crippen LogP contribution is -2.29. The van der Waals surface area contributed by atoms with Crippen LogP contribution in [0.25, 0.3) is 0 Å². The summed E-state index contributed by atoms with van der Waals surface area (Å²) in [5.41, 5.74) is -0.751. The van der Waals surface area contributed by atoms with Gasteiger partial charge in [-0.3, -0.25) is 5.10 Å². The van der Waals surface area contributed by atoms with E-state index in [1.807, 2.05) is 22.6 Å². The number of carbonyl (C=O) groups is 1. The number of nitrogens with one attached hydrogen (secondary N) is 3. The Morgan fingerprint density at radius 2 is 2.08 bits per heavy atom. The first-order chi connectivity index (χ1) is 11.2. The number of amides is 2. The highest BCUT2D eigenvalue weighted by Gasteiger charge is 2.31. The van der Waals surface area contributed by atoms with Crippen molar-refractivity contribution >= 4 is 40.3 Å². The third-order valence-electron chi connectivity index (χ3n) is 2.88. The van der Waals surface area contributed by atoms with E-state index in [9.17, 15) is 18.0 Å². The molecule has 3 N–H and O–H groups in total. The minimum atomic E-state index is -4.47. The molecule has 0 bridgehead atoms. The predicted octanol–water partition coefficient (Wildman–Crippen LogP) is 2.82. The number of halogens is 4. The van der Waals surface area contributed by atoms with Gasteiger partial charge in [0.2, 0.25) is 5.95 Å². The zero-order valence-electron chi connectivity index (χ0n) is 12.7. The Labute approximate surface area is 149 Å². The topological polar surface area (TPSA) is 85.9 Å². The average Bonchev–Trinajstić information content (AvgIpc) is 2.95. The van der Waals surface area contributed by atoms with Crippen molar-refractivity contribution in [3.05, 3.63) is 33.2 Å². The van der Waals surface area contributed by atoms with Gasteiger partial charge >= 0.3 is 12.2 Å². The normalized spacial score (nSPS) is 11.2. The number of rotatable bonds is 4. The number of H-pyrrole nitrogens is 1. The largest absolute Gasteiger partial charge is 0.416 e. The Bertz CT molecular complexity index is 731. The van der Waals surface area contributed by atoms with Crippen LogP contribution in [-0.2, 0) is 12.7 Å². The number of hydrogen-bond acceptors (Lipinski definition) is 4. The standard InChI is InChI=1S/C13H14F3IN6O/c1-23(2)11-20-10(21-22-11)6-18-12(24)19-9-5-7(13(14,15)16)3-4-8(9)17/h3-5H,6H2,1-2H3,(H2,18,19,24)(H,20,21,22). The van der Waals surface area contributed by atoms with Gasteiger partial charge in [-0.1, -0.05) is 0 Å². The predicted molar refractivity (Wildman–Crippen MR) is 90.7 cm³/mol. The van der Waals surface area contributed by atoms with Crippen molar-refractivity contribution in [2.24, 2.45) is 0 Å². The van der Waals surface area contributed by atoms with E-state index in [1.54, 1.807) is 19.0 Å². The SMILES string of the molecule is CN(C)c1n[nH]c(CNC(=O)Nc2cc(C(F)(F)F)ccc2I)n1. The smallest absolute Gasteiger partial charge is 0.346 e. The van der Waals surface area contributed by atoms with Crippen molar-refractivity contribution in [1.82, 2.24) is 20.5 Å². The number of anilines is 2. The lowest BCUT2D eigenvalue weighted by Gasteiger charge is -2.12. The van der Waals surface area contributed by atoms with Crippen LogP contribution < -0.4 is 15.5 Å². The maximum absolute atomic E-state index is 12.7. The molecule has 0 aliphatic carbocycles. The van der Waals surface area contributed by atoms with Gasteiger partial charge in [-0.05, 0) is 40.8 Å². The third-order valence-corrected chi connectivity index (χ3v) is 3.82. The molecule has 1 aromatic heterocycles. The number of alkyl halides is 3. The number of hydrogen-bond donors (Lipinski definition) is 3. The Balaban J connectivity index is 1.99. The second kappa shape index (κ2) is 7.23. The molecule has 0 atom stereocenters. The van der Waals surface area contributed by atoms with E-state index in [0.29, 0.717) is 15.3 Å². The first kappa shape index (κ1) is 18.3. The van der Waals surface area contributed by atoms with Crippen molar-refractivity contribution in [2.75, 3.05) is 24.3 Å². The van der Waals surface area contributed by atoms with Crippen LogP contribution in [0.15, 0.2) is 18.2 Å². The van der Waals surface area contributed by atoms with Crippen LogP contribution in [-0.4, -0.2) is 35.3 Å². The molecule has 11 heteroatoms. The van der Waals surface area contributed by atoms with Gasteiger partial charge in [-0.25, -0.2) is 4.79 Å². The van der Waals surface area contributed by atoms with Crippen molar-refractivity contribution in [2.45, 2.75) is 12.7 Å². The third kappa shape index (κ3) is 4.72. The van der Waals surface area contributed by atoms with Gasteiger partial charge in [-0.2, -0.15) is 18.2 Å². The second-order valence-corrected chi connectivity index (χ2v) is 6.14. The van der Waals surface area contributed by atoms with E-state index < -0.39 is 17.8 Å². The lowest BCUT2D eigenvalue weighted by molar-refractivity contribution is -0.137. The summed E-state index contributed by atoms with van der Waals surface area (Å²) >= 11 is 1.85. The Hall–Kier alpha value is -2.05. The number of urea groups is 1. The average molecular weight is 454 g/mol. The summed E-state index contributed by atoms with van der Waals surface area (Å²) < 4.78 is 38.7. The van der Waals surface area contributed by atoms with Crippen molar-refractivity contribution < 1.29 is 18.0 Å². The van der Waals surface area contributed by atoms with Gasteiger partial charge in [0, 0.05) is 17.7 Å². The molecule has 2 rings (SSSR count). The highest BCUT2D eigenvalue weighted by atomic mass is 127. The summed E-state index contributed by atoms with van der Waals surface area (Å²) in [4.78, 5) is 17.7. The maximum Gasteiger partial charge on any atom is 0.416 e. The van der Waals surface area contributed by atoms with Crippen LogP contribution >= 0.6 is 22.6 Å². The number of benzene rings is 1. The Morgan fingerprint density at radius 1 is 1.38 bits per heavy atom. The molecule has 0 fully saturated rings. The van der Waals surface area contributed by atoms with Crippen LogP contribution in [0.1, 0.15) is 11.4 Å². The van der Waals surface area contributed by atoms with E-state index in [1.165, 1.54) is 6.07 Å². The summed E-state index contributed by atoms with van der Waals surface area (Å²) in [6, 6.07) is 2.50. The van der Waals surface area contributed by atoms with Gasteiger partial charge in [0.1, 0.15) is 5.82 Å². The zero-order chi connectivity index (χ0) is 17.9. The summed E-state index contributed by atoms with van der Waals surface area (Å²) in [7, 11) is 3.53. The minimum absolute atomic E-state index is 0.0578. The molecule has 24 heavy (non-hydrogen) atoms. The molecule has 1 aromatic carbocycles.